The molecule has 1 aromatic carbocycles. The van der Waals surface area contributed by atoms with E-state index in [1.165, 1.54) is 0 Å². The maximum absolute atomic E-state index is 10.5. The van der Waals surface area contributed by atoms with E-state index in [-0.39, 0.29) is 0 Å². The Morgan fingerprint density at radius 3 is 2.85 bits per heavy atom. The Bertz CT molecular complexity index is 721. The third kappa shape index (κ3) is 2.26. The molecule has 2 aromatic heterocycles. The second kappa shape index (κ2) is 5.35. The van der Waals surface area contributed by atoms with Gasteiger partial charge in [-0.25, -0.2) is 4.52 Å². The van der Waals surface area contributed by atoms with Crippen LogP contribution in [0, 0.1) is 0 Å². The van der Waals surface area contributed by atoms with E-state index >= 15 is 0 Å². The lowest BCUT2D eigenvalue weighted by atomic mass is 10.0. The van der Waals surface area contributed by atoms with Crippen molar-refractivity contribution in [3.8, 4) is 5.75 Å². The summed E-state index contributed by atoms with van der Waals surface area (Å²) in [6.07, 6.45) is 3.48. The number of fused-ring (bicyclic) bond motifs is 1. The van der Waals surface area contributed by atoms with Gasteiger partial charge in [-0.05, 0) is 23.8 Å². The maximum Gasteiger partial charge on any atom is 0.122 e. The number of hydrogen-bond acceptors (Lipinski definition) is 3. The molecule has 0 radical (unpaired) electrons. The van der Waals surface area contributed by atoms with Crippen LogP contribution < -0.4 is 4.74 Å². The highest BCUT2D eigenvalue weighted by Gasteiger charge is 2.15. The lowest BCUT2D eigenvalue weighted by Gasteiger charge is -2.12. The fraction of sp³-hybridized carbons (Fsp3) is 0.188. The van der Waals surface area contributed by atoms with Gasteiger partial charge in [0.15, 0.2) is 0 Å². The number of aliphatic hydroxyl groups is 1. The highest BCUT2D eigenvalue weighted by molar-refractivity contribution is 5.54. The average Bonchev–Trinajstić information content (AvgIpc) is 2.92. The van der Waals surface area contributed by atoms with Gasteiger partial charge in [-0.15, -0.1) is 0 Å². The Morgan fingerprint density at radius 1 is 1.20 bits per heavy atom. The first-order chi connectivity index (χ1) is 9.79. The normalized spacial score (nSPS) is 12.5. The van der Waals surface area contributed by atoms with E-state index in [1.807, 2.05) is 48.7 Å². The Balaban J connectivity index is 1.91. The predicted octanol–water partition coefficient (Wildman–Crippen LogP) is 2.62. The highest BCUT2D eigenvalue weighted by atomic mass is 16.5. The number of benzene rings is 1. The summed E-state index contributed by atoms with van der Waals surface area (Å²) < 4.78 is 7.08. The largest absolute Gasteiger partial charge is 0.496 e. The van der Waals surface area contributed by atoms with E-state index in [0.29, 0.717) is 6.42 Å². The lowest BCUT2D eigenvalue weighted by Crippen LogP contribution is -2.03. The minimum Gasteiger partial charge on any atom is -0.496 e. The molecule has 0 aliphatic heterocycles. The zero-order valence-corrected chi connectivity index (χ0v) is 11.2. The van der Waals surface area contributed by atoms with Crippen LogP contribution in [0.5, 0.6) is 5.75 Å². The summed E-state index contributed by atoms with van der Waals surface area (Å²) in [5.74, 6) is 0.794. The van der Waals surface area contributed by atoms with E-state index < -0.39 is 6.10 Å². The number of para-hydroxylation sites is 1. The minimum atomic E-state index is -0.605. The molecule has 20 heavy (non-hydrogen) atoms. The standard InChI is InChI=1S/C16H16N2O2/c1-20-16-8-3-2-6-12(16)10-15(19)13-11-17-18-9-5-4-7-14(13)18/h2-9,11,15,19H,10H2,1H3. The van der Waals surface area contributed by atoms with E-state index in [2.05, 4.69) is 5.10 Å². The maximum atomic E-state index is 10.5. The Hall–Kier alpha value is -2.33. The molecule has 1 unspecified atom stereocenters. The molecular formula is C16H16N2O2. The molecule has 0 saturated carbocycles. The fourth-order valence-electron chi connectivity index (χ4n) is 2.40. The Morgan fingerprint density at radius 2 is 2.00 bits per heavy atom. The SMILES string of the molecule is COc1ccccc1CC(O)c1cnn2ccccc12. The van der Waals surface area contributed by atoms with Gasteiger partial charge in [0.2, 0.25) is 0 Å². The molecule has 0 spiro atoms. The number of hydrogen-bond donors (Lipinski definition) is 1. The number of rotatable bonds is 4. The molecule has 3 aromatic rings. The molecule has 1 N–H and O–H groups in total. The number of methoxy groups -OCH3 is 1. The summed E-state index contributed by atoms with van der Waals surface area (Å²) in [5, 5.41) is 14.7. The highest BCUT2D eigenvalue weighted by Crippen LogP contribution is 2.26. The summed E-state index contributed by atoms with van der Waals surface area (Å²) in [6.45, 7) is 0. The second-order valence-corrected chi connectivity index (χ2v) is 4.66. The molecule has 4 nitrogen and oxygen atoms in total. The zero-order valence-electron chi connectivity index (χ0n) is 11.2. The van der Waals surface area contributed by atoms with E-state index in [1.54, 1.807) is 17.8 Å². The van der Waals surface area contributed by atoms with Gasteiger partial charge < -0.3 is 9.84 Å². The van der Waals surface area contributed by atoms with Crippen molar-refractivity contribution < 1.29 is 9.84 Å². The second-order valence-electron chi connectivity index (χ2n) is 4.66. The molecule has 1 atom stereocenters. The quantitative estimate of drug-likeness (QED) is 0.791. The third-order valence-electron chi connectivity index (χ3n) is 3.42. The first-order valence-corrected chi connectivity index (χ1v) is 6.52. The molecular weight excluding hydrogens is 252 g/mol. The molecule has 0 aliphatic carbocycles. The van der Waals surface area contributed by atoms with Crippen molar-refractivity contribution >= 4 is 5.52 Å². The molecule has 102 valence electrons. The van der Waals surface area contributed by atoms with Crippen molar-refractivity contribution in [3.63, 3.8) is 0 Å². The number of nitrogens with zero attached hydrogens (tertiary/aromatic N) is 2. The van der Waals surface area contributed by atoms with Crippen LogP contribution in [-0.2, 0) is 6.42 Å². The van der Waals surface area contributed by atoms with Crippen molar-refractivity contribution in [1.29, 1.82) is 0 Å². The van der Waals surface area contributed by atoms with Crippen LogP contribution >= 0.6 is 0 Å². The van der Waals surface area contributed by atoms with Crippen LogP contribution in [0.2, 0.25) is 0 Å². The van der Waals surface area contributed by atoms with E-state index in [4.69, 9.17) is 4.74 Å². The van der Waals surface area contributed by atoms with Crippen LogP contribution in [0.1, 0.15) is 17.2 Å². The molecule has 3 rings (SSSR count). The van der Waals surface area contributed by atoms with E-state index in [0.717, 1.165) is 22.4 Å². The Kier molecular flexibility index (Phi) is 3.39. The molecule has 0 fully saturated rings. The number of pyridine rings is 1. The van der Waals surface area contributed by atoms with Gasteiger partial charge >= 0.3 is 0 Å². The average molecular weight is 268 g/mol. The number of aromatic nitrogens is 2. The van der Waals surface area contributed by atoms with Crippen molar-refractivity contribution in [2.45, 2.75) is 12.5 Å². The lowest BCUT2D eigenvalue weighted by molar-refractivity contribution is 0.178. The third-order valence-corrected chi connectivity index (χ3v) is 3.42. The molecule has 0 amide bonds. The molecule has 2 heterocycles. The monoisotopic (exact) mass is 268 g/mol. The van der Waals surface area contributed by atoms with Gasteiger partial charge in [-0.1, -0.05) is 24.3 Å². The summed E-state index contributed by atoms with van der Waals surface area (Å²) >= 11 is 0. The van der Waals surface area contributed by atoms with E-state index in [9.17, 15) is 5.11 Å². The van der Waals surface area contributed by atoms with Crippen LogP contribution in [0.3, 0.4) is 0 Å². The summed E-state index contributed by atoms with van der Waals surface area (Å²) in [7, 11) is 1.64. The van der Waals surface area contributed by atoms with Crippen molar-refractivity contribution in [1.82, 2.24) is 9.61 Å². The van der Waals surface area contributed by atoms with Crippen molar-refractivity contribution in [2.24, 2.45) is 0 Å². The molecule has 0 aliphatic rings. The van der Waals surface area contributed by atoms with Gasteiger partial charge in [-0.2, -0.15) is 5.10 Å². The first-order valence-electron chi connectivity index (χ1n) is 6.52. The predicted molar refractivity (Wildman–Crippen MR) is 76.8 cm³/mol. The fourth-order valence-corrected chi connectivity index (χ4v) is 2.40. The summed E-state index contributed by atoms with van der Waals surface area (Å²) in [5.41, 5.74) is 2.74. The summed E-state index contributed by atoms with van der Waals surface area (Å²) in [4.78, 5) is 0. The first kappa shape index (κ1) is 12.7. The molecule has 0 bridgehead atoms. The molecule has 4 heteroatoms. The van der Waals surface area contributed by atoms with Crippen LogP contribution in [0.15, 0.2) is 54.9 Å². The van der Waals surface area contributed by atoms with Gasteiger partial charge in [0.05, 0.1) is 24.9 Å². The minimum absolute atomic E-state index is 0.500. The van der Waals surface area contributed by atoms with Gasteiger partial charge in [-0.3, -0.25) is 0 Å². The topological polar surface area (TPSA) is 46.8 Å². The van der Waals surface area contributed by atoms with Crippen LogP contribution in [-0.4, -0.2) is 21.8 Å². The van der Waals surface area contributed by atoms with Crippen molar-refractivity contribution in [2.75, 3.05) is 7.11 Å². The zero-order chi connectivity index (χ0) is 13.9. The van der Waals surface area contributed by atoms with Gasteiger partial charge in [0, 0.05) is 18.2 Å². The van der Waals surface area contributed by atoms with Crippen LogP contribution in [0.25, 0.3) is 5.52 Å². The van der Waals surface area contributed by atoms with Crippen molar-refractivity contribution in [3.05, 3.63) is 66.0 Å². The number of ether oxygens (including phenoxy) is 1. The Labute approximate surface area is 117 Å². The molecule has 0 saturated heterocycles. The number of aliphatic hydroxyl groups excluding tert-OH is 1. The van der Waals surface area contributed by atoms with Gasteiger partial charge in [0.1, 0.15) is 5.75 Å². The summed E-state index contributed by atoms with van der Waals surface area (Å²) in [6, 6.07) is 13.5. The van der Waals surface area contributed by atoms with Crippen LogP contribution in [0.4, 0.5) is 0 Å². The smallest absolute Gasteiger partial charge is 0.122 e. The van der Waals surface area contributed by atoms with Gasteiger partial charge in [0.25, 0.3) is 0 Å².